The lowest BCUT2D eigenvalue weighted by atomic mass is 10.1. The van der Waals surface area contributed by atoms with Crippen LogP contribution in [0.4, 0.5) is 0 Å². The fourth-order valence-electron chi connectivity index (χ4n) is 4.92. The van der Waals surface area contributed by atoms with Gasteiger partial charge in [0.05, 0.1) is 30.4 Å². The van der Waals surface area contributed by atoms with Crippen LogP contribution < -0.4 is 19.8 Å². The molecule has 0 aliphatic carbocycles. The zero-order valence-electron chi connectivity index (χ0n) is 27.9. The summed E-state index contributed by atoms with van der Waals surface area (Å²) in [5.74, 6) is 1.61. The van der Waals surface area contributed by atoms with Gasteiger partial charge in [-0.2, -0.15) is 10.5 Å². The van der Waals surface area contributed by atoms with E-state index in [0.717, 1.165) is 23.2 Å². The lowest BCUT2D eigenvalue weighted by Gasteiger charge is -2.13. The Kier molecular flexibility index (Phi) is 13.7. The minimum Gasteiger partial charge on any atom is -0.480 e. The van der Waals surface area contributed by atoms with E-state index in [1.54, 1.807) is 55.0 Å². The second-order valence-corrected chi connectivity index (χ2v) is 12.9. The molecule has 0 saturated heterocycles. The molecule has 0 amide bonds. The van der Waals surface area contributed by atoms with Crippen molar-refractivity contribution in [3.05, 3.63) is 162 Å². The number of aromatic amines is 1. The Hall–Kier alpha value is -5.62. The van der Waals surface area contributed by atoms with Crippen LogP contribution in [0.1, 0.15) is 33.6 Å². The number of nitriles is 2. The second kappa shape index (κ2) is 18.7. The fourth-order valence-corrected chi connectivity index (χ4v) is 5.72. The van der Waals surface area contributed by atoms with Crippen LogP contribution in [-0.2, 0) is 25.7 Å². The highest BCUT2D eigenvalue weighted by Gasteiger charge is 2.15. The standard InChI is InChI=1S/C20H15Cl2N3O2.C19H13Cl2N3O2/c1-26-20-19(22)18(27-17-8-14(11-23)7-15(21)9-17)10-16(25-20)5-4-13-3-2-6-24-12-13;20-14-6-13(10-22)7-16(8-14)26-17-9-15(24-19(25)18(17)21)4-3-12-2-1-5-23-11-12/h2-3,6-10,12H,4-5H2,1H3;1-2,5-9,11H,3-4H2,(H,24,25). The van der Waals surface area contributed by atoms with E-state index in [9.17, 15) is 4.79 Å². The van der Waals surface area contributed by atoms with Gasteiger partial charge in [0.2, 0.25) is 5.88 Å². The first-order chi connectivity index (χ1) is 25.6. The largest absolute Gasteiger partial charge is 0.480 e. The molecule has 1 N–H and O–H groups in total. The number of nitrogens with one attached hydrogen (secondary N) is 1. The Balaban J connectivity index is 0.000000204. The molecule has 0 fully saturated rings. The molecule has 0 spiro atoms. The summed E-state index contributed by atoms with van der Waals surface area (Å²) in [6.07, 6.45) is 9.77. The highest BCUT2D eigenvalue weighted by molar-refractivity contribution is 6.33. The molecule has 4 heterocycles. The molecule has 0 bridgehead atoms. The number of methoxy groups -OCH3 is 1. The molecular weight excluding hydrogens is 758 g/mol. The van der Waals surface area contributed by atoms with Crippen LogP contribution in [0.15, 0.2) is 102 Å². The molecule has 0 atom stereocenters. The van der Waals surface area contributed by atoms with Crippen LogP contribution in [0.25, 0.3) is 0 Å². The van der Waals surface area contributed by atoms with Crippen molar-refractivity contribution in [2.24, 2.45) is 0 Å². The molecule has 266 valence electrons. The van der Waals surface area contributed by atoms with Crippen LogP contribution in [0.3, 0.4) is 0 Å². The zero-order valence-corrected chi connectivity index (χ0v) is 31.0. The number of rotatable bonds is 11. The van der Waals surface area contributed by atoms with Gasteiger partial charge in [0.1, 0.15) is 21.5 Å². The maximum atomic E-state index is 12.1. The molecule has 14 heteroatoms. The Morgan fingerprint density at radius 1 is 0.698 bits per heavy atom. The number of nitrogens with zero attached hydrogens (tertiary/aromatic N) is 5. The van der Waals surface area contributed by atoms with Crippen molar-refractivity contribution in [3.8, 4) is 41.0 Å². The third-order valence-electron chi connectivity index (χ3n) is 7.39. The van der Waals surface area contributed by atoms with Gasteiger partial charge in [0.15, 0.2) is 11.5 Å². The van der Waals surface area contributed by atoms with Crippen LogP contribution in [0.5, 0.6) is 28.9 Å². The van der Waals surface area contributed by atoms with E-state index in [2.05, 4.69) is 19.9 Å². The van der Waals surface area contributed by atoms with Crippen molar-refractivity contribution < 1.29 is 14.2 Å². The average molecular weight is 787 g/mol. The monoisotopic (exact) mass is 784 g/mol. The van der Waals surface area contributed by atoms with Gasteiger partial charge in [-0.25, -0.2) is 4.98 Å². The molecule has 0 radical (unpaired) electrons. The molecule has 0 aliphatic rings. The van der Waals surface area contributed by atoms with Crippen LogP contribution in [0, 0.1) is 22.7 Å². The first kappa shape index (κ1) is 38.6. The Morgan fingerprint density at radius 2 is 1.25 bits per heavy atom. The smallest absolute Gasteiger partial charge is 0.270 e. The Labute approximate surface area is 325 Å². The molecule has 0 unspecified atom stereocenters. The van der Waals surface area contributed by atoms with E-state index in [1.807, 2.05) is 42.6 Å². The van der Waals surface area contributed by atoms with Gasteiger partial charge in [-0.1, -0.05) is 58.5 Å². The van der Waals surface area contributed by atoms with Crippen LogP contribution >= 0.6 is 46.4 Å². The van der Waals surface area contributed by atoms with E-state index >= 15 is 0 Å². The molecule has 2 aromatic carbocycles. The number of halogens is 4. The SMILES string of the molecule is COc1nc(CCc2cccnc2)cc(Oc2cc(Cl)cc(C#N)c2)c1Cl.N#Cc1cc(Cl)cc(Oc2cc(CCc3cccnc3)[nH]c(=O)c2Cl)c1. The van der Waals surface area contributed by atoms with Gasteiger partial charge in [0.25, 0.3) is 5.56 Å². The lowest BCUT2D eigenvalue weighted by Crippen LogP contribution is -2.11. The topological polar surface area (TPSA) is 147 Å². The second-order valence-electron chi connectivity index (χ2n) is 11.2. The van der Waals surface area contributed by atoms with Crippen LogP contribution in [-0.4, -0.2) is 27.0 Å². The van der Waals surface area contributed by atoms with Crippen molar-refractivity contribution in [2.75, 3.05) is 7.11 Å². The number of pyridine rings is 4. The summed E-state index contributed by atoms with van der Waals surface area (Å²) >= 11 is 24.4. The summed E-state index contributed by atoms with van der Waals surface area (Å²) < 4.78 is 16.8. The third kappa shape index (κ3) is 11.2. The van der Waals surface area contributed by atoms with Crippen LogP contribution in [0.2, 0.25) is 20.1 Å². The van der Waals surface area contributed by atoms with Crippen molar-refractivity contribution >= 4 is 46.4 Å². The fraction of sp³-hybridized carbons (Fsp3) is 0.128. The Morgan fingerprint density at radius 3 is 1.75 bits per heavy atom. The van der Waals surface area contributed by atoms with Gasteiger partial charge in [-0.15, -0.1) is 0 Å². The van der Waals surface area contributed by atoms with Crippen molar-refractivity contribution in [1.29, 1.82) is 10.5 Å². The molecule has 4 aromatic heterocycles. The van der Waals surface area contributed by atoms with Crippen molar-refractivity contribution in [2.45, 2.75) is 25.7 Å². The summed E-state index contributed by atoms with van der Waals surface area (Å²) in [5, 5.41) is 19.1. The average Bonchev–Trinajstić information content (AvgIpc) is 3.16. The number of benzene rings is 2. The molecule has 10 nitrogen and oxygen atoms in total. The van der Waals surface area contributed by atoms with E-state index in [0.29, 0.717) is 63.4 Å². The van der Waals surface area contributed by atoms with Gasteiger partial charge >= 0.3 is 0 Å². The van der Waals surface area contributed by atoms with Gasteiger partial charge in [0, 0.05) is 58.4 Å². The van der Waals surface area contributed by atoms with Crippen molar-refractivity contribution in [1.82, 2.24) is 19.9 Å². The Bertz CT molecular complexity index is 2350. The molecule has 6 rings (SSSR count). The highest BCUT2D eigenvalue weighted by atomic mass is 35.5. The summed E-state index contributed by atoms with van der Waals surface area (Å²) in [5.41, 5.74) is 3.91. The molecule has 0 aliphatic heterocycles. The number of aromatic nitrogens is 4. The summed E-state index contributed by atoms with van der Waals surface area (Å²) in [7, 11) is 1.50. The lowest BCUT2D eigenvalue weighted by molar-refractivity contribution is 0.390. The summed E-state index contributed by atoms with van der Waals surface area (Å²) in [6, 6.07) is 24.6. The van der Waals surface area contributed by atoms with Gasteiger partial charge < -0.3 is 19.2 Å². The maximum Gasteiger partial charge on any atom is 0.270 e. The molecular formula is C39H28Cl4N6O4. The zero-order chi connectivity index (χ0) is 37.7. The normalized spacial score (nSPS) is 10.3. The minimum absolute atomic E-state index is 0.0615. The molecule has 53 heavy (non-hydrogen) atoms. The number of aryl methyl sites for hydroxylation is 4. The predicted octanol–water partition coefficient (Wildman–Crippen LogP) is 9.77. The van der Waals surface area contributed by atoms with Gasteiger partial charge in [-0.05, 0) is 85.3 Å². The first-order valence-electron chi connectivity index (χ1n) is 15.8. The number of ether oxygens (including phenoxy) is 3. The van der Waals surface area contributed by atoms with E-state index in [4.69, 9.17) is 71.1 Å². The minimum atomic E-state index is -0.437. The molecule has 0 saturated carbocycles. The summed E-state index contributed by atoms with van der Waals surface area (Å²) in [4.78, 5) is 27.4. The summed E-state index contributed by atoms with van der Waals surface area (Å²) in [6.45, 7) is 0. The third-order valence-corrected chi connectivity index (χ3v) is 8.53. The quantitative estimate of drug-likeness (QED) is 0.136. The number of hydrogen-bond donors (Lipinski definition) is 1. The maximum absolute atomic E-state index is 12.1. The first-order valence-corrected chi connectivity index (χ1v) is 17.3. The van der Waals surface area contributed by atoms with Gasteiger partial charge in [-0.3, -0.25) is 14.8 Å². The predicted molar refractivity (Wildman–Crippen MR) is 204 cm³/mol. The van der Waals surface area contributed by atoms with E-state index in [1.165, 1.54) is 19.2 Å². The number of H-pyrrole nitrogens is 1. The highest BCUT2D eigenvalue weighted by Crippen LogP contribution is 2.37. The van der Waals surface area contributed by atoms with E-state index < -0.39 is 5.56 Å². The van der Waals surface area contributed by atoms with E-state index in [-0.39, 0.29) is 21.7 Å². The van der Waals surface area contributed by atoms with Crippen molar-refractivity contribution in [3.63, 3.8) is 0 Å². The molecule has 6 aromatic rings. The number of hydrogen-bond acceptors (Lipinski definition) is 9.